The average Bonchev–Trinajstić information content (AvgIpc) is 2.02. The summed E-state index contributed by atoms with van der Waals surface area (Å²) in [5.41, 5.74) is -0.780. The first-order chi connectivity index (χ1) is 6.39. The van der Waals surface area contributed by atoms with Gasteiger partial charge < -0.3 is 5.11 Å². The Hall–Kier alpha value is -1.30. The lowest BCUT2D eigenvalue weighted by atomic mass is 10.2. The molecule has 0 aliphatic heterocycles. The third-order valence-corrected chi connectivity index (χ3v) is 1.48. The summed E-state index contributed by atoms with van der Waals surface area (Å²) >= 11 is 0. The zero-order chi connectivity index (χ0) is 10.8. The molecule has 3 nitrogen and oxygen atoms in total. The maximum absolute atomic E-state index is 12.0. The molecule has 1 rings (SSSR count). The molecule has 0 aromatic carbocycles. The smallest absolute Gasteiger partial charge is 0.417 e. The second kappa shape index (κ2) is 4.97. The lowest BCUT2D eigenvalue weighted by Gasteiger charge is -2.05. The van der Waals surface area contributed by atoms with Crippen LogP contribution in [0.1, 0.15) is 11.3 Å². The maximum atomic E-state index is 12.0. The minimum Gasteiger partial charge on any atom is -0.481 e. The molecule has 0 saturated heterocycles. The van der Waals surface area contributed by atoms with Gasteiger partial charge in [-0.2, -0.15) is 13.2 Å². The summed E-state index contributed by atoms with van der Waals surface area (Å²) in [6.07, 6.45) is -4.19. The fourth-order valence-corrected chi connectivity index (χ4v) is 0.852. The highest BCUT2D eigenvalue weighted by Crippen LogP contribution is 2.28. The fraction of sp³-hybridized carbons (Fsp3) is 0.250. The van der Waals surface area contributed by atoms with Gasteiger partial charge in [-0.3, -0.25) is 9.78 Å². The standard InChI is InChI=1S/C8H6F3NO2.ClH/c9-8(10,11)5-1-2-6(12-4-5)3-7(13)14;/h1-2,4H,3H2,(H,13,14);1H. The van der Waals surface area contributed by atoms with Crippen LogP contribution < -0.4 is 0 Å². The van der Waals surface area contributed by atoms with Crippen LogP contribution in [0.4, 0.5) is 13.2 Å². The van der Waals surface area contributed by atoms with Crippen molar-refractivity contribution in [3.05, 3.63) is 29.6 Å². The quantitative estimate of drug-likeness (QED) is 0.863. The molecule has 0 amide bonds. The van der Waals surface area contributed by atoms with E-state index in [0.717, 1.165) is 12.1 Å². The molecular formula is C8H7ClF3NO2. The monoisotopic (exact) mass is 241 g/mol. The molecule has 0 aliphatic rings. The first kappa shape index (κ1) is 13.7. The number of aliphatic carboxylic acids is 1. The van der Waals surface area contributed by atoms with E-state index in [0.29, 0.717) is 6.20 Å². The Kier molecular flexibility index (Phi) is 4.54. The molecule has 1 aromatic rings. The lowest BCUT2D eigenvalue weighted by molar-refractivity contribution is -0.137. The normalized spacial score (nSPS) is 10.6. The van der Waals surface area contributed by atoms with Gasteiger partial charge in [0.1, 0.15) is 0 Å². The lowest BCUT2D eigenvalue weighted by Crippen LogP contribution is -2.07. The highest BCUT2D eigenvalue weighted by Gasteiger charge is 2.30. The number of rotatable bonds is 2. The SMILES string of the molecule is Cl.O=C(O)Cc1ccc(C(F)(F)F)cn1. The Morgan fingerprint density at radius 1 is 1.40 bits per heavy atom. The summed E-state index contributed by atoms with van der Waals surface area (Å²) in [5.74, 6) is -1.13. The summed E-state index contributed by atoms with van der Waals surface area (Å²) in [6.45, 7) is 0. The van der Waals surface area contributed by atoms with E-state index < -0.39 is 17.7 Å². The number of hydrogen-bond donors (Lipinski definition) is 1. The number of halogens is 4. The van der Waals surface area contributed by atoms with Crippen molar-refractivity contribution < 1.29 is 23.1 Å². The Balaban J connectivity index is 0.00000196. The van der Waals surface area contributed by atoms with Crippen LogP contribution in [0, 0.1) is 0 Å². The first-order valence-electron chi connectivity index (χ1n) is 3.63. The molecule has 84 valence electrons. The zero-order valence-corrected chi connectivity index (χ0v) is 8.10. The molecule has 0 radical (unpaired) electrons. The van der Waals surface area contributed by atoms with Gasteiger partial charge in [0.25, 0.3) is 0 Å². The number of carbonyl (C=O) groups is 1. The van der Waals surface area contributed by atoms with Crippen molar-refractivity contribution in [2.75, 3.05) is 0 Å². The van der Waals surface area contributed by atoms with Crippen molar-refractivity contribution >= 4 is 18.4 Å². The average molecular weight is 242 g/mol. The van der Waals surface area contributed by atoms with Crippen LogP contribution in [0.2, 0.25) is 0 Å². The van der Waals surface area contributed by atoms with Gasteiger partial charge in [-0.15, -0.1) is 12.4 Å². The van der Waals surface area contributed by atoms with Crippen molar-refractivity contribution in [3.8, 4) is 0 Å². The number of alkyl halides is 3. The number of nitrogens with zero attached hydrogens (tertiary/aromatic N) is 1. The van der Waals surface area contributed by atoms with E-state index in [1.165, 1.54) is 0 Å². The molecular weight excluding hydrogens is 235 g/mol. The Labute approximate surface area is 89.4 Å². The highest BCUT2D eigenvalue weighted by molar-refractivity contribution is 5.85. The van der Waals surface area contributed by atoms with Gasteiger partial charge in [0.15, 0.2) is 0 Å². The Morgan fingerprint density at radius 3 is 2.33 bits per heavy atom. The highest BCUT2D eigenvalue weighted by atomic mass is 35.5. The van der Waals surface area contributed by atoms with Gasteiger partial charge in [-0.1, -0.05) is 0 Å². The second-order valence-electron chi connectivity index (χ2n) is 2.61. The Bertz CT molecular complexity index is 337. The zero-order valence-electron chi connectivity index (χ0n) is 7.28. The third-order valence-electron chi connectivity index (χ3n) is 1.48. The molecule has 0 saturated carbocycles. The second-order valence-corrected chi connectivity index (χ2v) is 2.61. The van der Waals surface area contributed by atoms with E-state index in [4.69, 9.17) is 5.11 Å². The molecule has 7 heteroatoms. The van der Waals surface area contributed by atoms with E-state index in [2.05, 4.69) is 4.98 Å². The summed E-state index contributed by atoms with van der Waals surface area (Å²) < 4.78 is 36.1. The van der Waals surface area contributed by atoms with Crippen LogP contribution in [0.25, 0.3) is 0 Å². The van der Waals surface area contributed by atoms with Crippen molar-refractivity contribution in [1.82, 2.24) is 4.98 Å². The van der Waals surface area contributed by atoms with Gasteiger partial charge in [0, 0.05) is 6.20 Å². The van der Waals surface area contributed by atoms with Crippen LogP contribution in [0.5, 0.6) is 0 Å². The predicted molar refractivity (Wildman–Crippen MR) is 47.8 cm³/mol. The maximum Gasteiger partial charge on any atom is 0.417 e. The van der Waals surface area contributed by atoms with Crippen LogP contribution in [0.3, 0.4) is 0 Å². The molecule has 0 fully saturated rings. The van der Waals surface area contributed by atoms with Gasteiger partial charge in [0.05, 0.1) is 17.7 Å². The molecule has 0 atom stereocenters. The van der Waals surface area contributed by atoms with Gasteiger partial charge in [-0.25, -0.2) is 0 Å². The number of aromatic nitrogens is 1. The predicted octanol–water partition coefficient (Wildman–Crippen LogP) is 2.15. The molecule has 1 aromatic heterocycles. The van der Waals surface area contributed by atoms with Crippen molar-refractivity contribution in [2.45, 2.75) is 12.6 Å². The number of carboxylic acids is 1. The van der Waals surface area contributed by atoms with Crippen molar-refractivity contribution in [2.24, 2.45) is 0 Å². The van der Waals surface area contributed by atoms with Gasteiger partial charge in [0.2, 0.25) is 0 Å². The van der Waals surface area contributed by atoms with Crippen LogP contribution >= 0.6 is 12.4 Å². The van der Waals surface area contributed by atoms with Gasteiger partial charge >= 0.3 is 12.1 Å². The summed E-state index contributed by atoms with van der Waals surface area (Å²) in [6, 6.07) is 1.86. The van der Waals surface area contributed by atoms with E-state index in [-0.39, 0.29) is 24.5 Å². The van der Waals surface area contributed by atoms with E-state index in [9.17, 15) is 18.0 Å². The van der Waals surface area contributed by atoms with E-state index in [1.807, 2.05) is 0 Å². The van der Waals surface area contributed by atoms with E-state index >= 15 is 0 Å². The summed E-state index contributed by atoms with van der Waals surface area (Å²) in [5, 5.41) is 8.33. The van der Waals surface area contributed by atoms with Crippen molar-refractivity contribution in [3.63, 3.8) is 0 Å². The van der Waals surface area contributed by atoms with Crippen LogP contribution in [-0.2, 0) is 17.4 Å². The first-order valence-corrected chi connectivity index (χ1v) is 3.63. The largest absolute Gasteiger partial charge is 0.481 e. The molecule has 15 heavy (non-hydrogen) atoms. The molecule has 1 heterocycles. The number of carboxylic acid groups (broad SMARTS) is 1. The molecule has 0 aliphatic carbocycles. The third kappa shape index (κ3) is 4.16. The van der Waals surface area contributed by atoms with Crippen molar-refractivity contribution in [1.29, 1.82) is 0 Å². The minimum atomic E-state index is -4.44. The minimum absolute atomic E-state index is 0. The van der Waals surface area contributed by atoms with Crippen LogP contribution in [0.15, 0.2) is 18.3 Å². The molecule has 1 N–H and O–H groups in total. The topological polar surface area (TPSA) is 50.2 Å². The Morgan fingerprint density at radius 2 is 2.00 bits per heavy atom. The molecule has 0 spiro atoms. The van der Waals surface area contributed by atoms with E-state index in [1.54, 1.807) is 0 Å². The number of hydrogen-bond acceptors (Lipinski definition) is 2. The summed E-state index contributed by atoms with van der Waals surface area (Å²) in [4.78, 5) is 13.6. The van der Waals surface area contributed by atoms with Gasteiger partial charge in [-0.05, 0) is 12.1 Å². The fourth-order valence-electron chi connectivity index (χ4n) is 0.852. The molecule has 0 bridgehead atoms. The molecule has 0 unspecified atom stereocenters. The summed E-state index contributed by atoms with van der Waals surface area (Å²) in [7, 11) is 0. The van der Waals surface area contributed by atoms with Crippen LogP contribution in [-0.4, -0.2) is 16.1 Å². The number of pyridine rings is 1.